The second-order valence-electron chi connectivity index (χ2n) is 8.45. The van der Waals surface area contributed by atoms with Crippen molar-refractivity contribution in [1.82, 2.24) is 24.1 Å². The van der Waals surface area contributed by atoms with Crippen molar-refractivity contribution in [2.75, 3.05) is 0 Å². The first-order valence-electron chi connectivity index (χ1n) is 10.7. The highest BCUT2D eigenvalue weighted by atomic mass is 16.1. The first kappa shape index (κ1) is 19.4. The third-order valence-electron chi connectivity index (χ3n) is 5.75. The number of benzene rings is 2. The molecule has 0 fully saturated rings. The minimum absolute atomic E-state index is 0.0375. The molecule has 0 aliphatic heterocycles. The molecule has 3 heterocycles. The van der Waals surface area contributed by atoms with Crippen molar-refractivity contribution >= 4 is 33.2 Å². The predicted molar refractivity (Wildman–Crippen MR) is 124 cm³/mol. The minimum atomic E-state index is -0.0375. The van der Waals surface area contributed by atoms with Gasteiger partial charge in [-0.25, -0.2) is 15.0 Å². The summed E-state index contributed by atoms with van der Waals surface area (Å²) in [6, 6.07) is 17.9. The lowest BCUT2D eigenvalue weighted by molar-refractivity contribution is 0.498. The number of rotatable bonds is 5. The van der Waals surface area contributed by atoms with E-state index in [-0.39, 0.29) is 5.56 Å². The van der Waals surface area contributed by atoms with Crippen LogP contribution in [0.2, 0.25) is 0 Å². The van der Waals surface area contributed by atoms with Gasteiger partial charge in [-0.15, -0.1) is 0 Å². The van der Waals surface area contributed by atoms with Gasteiger partial charge in [-0.2, -0.15) is 0 Å². The van der Waals surface area contributed by atoms with Crippen LogP contribution in [0.1, 0.15) is 31.7 Å². The van der Waals surface area contributed by atoms with Gasteiger partial charge in [0.25, 0.3) is 5.56 Å². The van der Waals surface area contributed by atoms with Crippen molar-refractivity contribution in [3.05, 3.63) is 76.3 Å². The van der Waals surface area contributed by atoms with Gasteiger partial charge in [0.05, 0.1) is 17.6 Å². The largest absolute Gasteiger partial charge is 0.304 e. The van der Waals surface area contributed by atoms with Crippen LogP contribution in [0.3, 0.4) is 0 Å². The number of aryl methyl sites for hydroxylation is 1. The molecule has 0 bridgehead atoms. The van der Waals surface area contributed by atoms with E-state index < -0.39 is 0 Å². The number of nitrogens with zero attached hydrogens (tertiary/aromatic N) is 5. The normalized spacial score (nSPS) is 11.9. The molecule has 0 saturated heterocycles. The molecule has 3 aromatic heterocycles. The molecule has 5 rings (SSSR count). The van der Waals surface area contributed by atoms with E-state index in [0.29, 0.717) is 41.2 Å². The molecular weight excluding hydrogens is 386 g/mol. The summed E-state index contributed by atoms with van der Waals surface area (Å²) in [5, 5.41) is 0.554. The summed E-state index contributed by atoms with van der Waals surface area (Å²) in [4.78, 5) is 28.3. The smallest absolute Gasteiger partial charge is 0.265 e. The van der Waals surface area contributed by atoms with Crippen molar-refractivity contribution in [1.29, 1.82) is 0 Å². The molecule has 0 radical (unpaired) electrons. The quantitative estimate of drug-likeness (QED) is 0.421. The Kier molecular flexibility index (Phi) is 4.77. The Bertz CT molecular complexity index is 1460. The van der Waals surface area contributed by atoms with Crippen molar-refractivity contribution in [3.63, 3.8) is 0 Å². The monoisotopic (exact) mass is 411 g/mol. The third-order valence-corrected chi connectivity index (χ3v) is 5.75. The third kappa shape index (κ3) is 3.38. The van der Waals surface area contributed by atoms with E-state index in [1.54, 1.807) is 4.57 Å². The van der Waals surface area contributed by atoms with E-state index in [9.17, 15) is 4.79 Å². The summed E-state index contributed by atoms with van der Waals surface area (Å²) in [5.74, 6) is 1.23. The molecule has 6 nitrogen and oxygen atoms in total. The van der Waals surface area contributed by atoms with Gasteiger partial charge in [0.2, 0.25) is 0 Å². The molecule has 31 heavy (non-hydrogen) atoms. The standard InChI is InChI=1S/C25H25N5O/c1-16(2)13-14-29-17(3)26-23-21(25(29)31)22-24(28-20-12-8-7-11-19(20)27-22)30(23)15-18-9-5-4-6-10-18/h4-12,16H,13-15H2,1-3H3. The molecule has 0 spiro atoms. The maximum Gasteiger partial charge on any atom is 0.265 e. The molecule has 0 atom stereocenters. The van der Waals surface area contributed by atoms with Crippen LogP contribution in [-0.4, -0.2) is 24.1 Å². The average molecular weight is 412 g/mol. The fraction of sp³-hybridized carbons (Fsp3) is 0.280. The molecule has 2 aromatic carbocycles. The van der Waals surface area contributed by atoms with Crippen molar-refractivity contribution in [2.45, 2.75) is 40.3 Å². The summed E-state index contributed by atoms with van der Waals surface area (Å²) >= 11 is 0. The van der Waals surface area contributed by atoms with Gasteiger partial charge < -0.3 is 4.57 Å². The zero-order valence-corrected chi connectivity index (χ0v) is 18.0. The van der Waals surface area contributed by atoms with Gasteiger partial charge in [0, 0.05) is 6.54 Å². The maximum atomic E-state index is 13.6. The molecule has 156 valence electrons. The molecule has 0 aliphatic carbocycles. The summed E-state index contributed by atoms with van der Waals surface area (Å²) in [6.45, 7) is 7.46. The summed E-state index contributed by atoms with van der Waals surface area (Å²) in [6.07, 6.45) is 0.922. The van der Waals surface area contributed by atoms with Gasteiger partial charge >= 0.3 is 0 Å². The average Bonchev–Trinajstić information content (AvgIpc) is 3.05. The molecule has 6 heteroatoms. The van der Waals surface area contributed by atoms with Gasteiger partial charge in [-0.1, -0.05) is 56.3 Å². The number of hydrogen-bond acceptors (Lipinski definition) is 4. The van der Waals surface area contributed by atoms with Crippen molar-refractivity contribution in [2.24, 2.45) is 5.92 Å². The van der Waals surface area contributed by atoms with Crippen LogP contribution in [-0.2, 0) is 13.1 Å². The van der Waals surface area contributed by atoms with Crippen LogP contribution in [0.15, 0.2) is 59.4 Å². The first-order chi connectivity index (χ1) is 15.0. The van der Waals surface area contributed by atoms with E-state index in [4.69, 9.17) is 15.0 Å². The summed E-state index contributed by atoms with van der Waals surface area (Å²) in [5.41, 5.74) is 4.65. The fourth-order valence-corrected chi connectivity index (χ4v) is 4.06. The lowest BCUT2D eigenvalue weighted by Gasteiger charge is -2.12. The summed E-state index contributed by atoms with van der Waals surface area (Å²) < 4.78 is 3.81. The number of para-hydroxylation sites is 2. The zero-order valence-electron chi connectivity index (χ0n) is 18.0. The molecule has 5 aromatic rings. The Morgan fingerprint density at radius 2 is 1.52 bits per heavy atom. The van der Waals surface area contributed by atoms with Gasteiger partial charge in [-0.05, 0) is 37.0 Å². The number of aromatic nitrogens is 5. The maximum absolute atomic E-state index is 13.6. The van der Waals surface area contributed by atoms with E-state index in [0.717, 1.165) is 28.8 Å². The second-order valence-corrected chi connectivity index (χ2v) is 8.45. The Balaban J connectivity index is 1.84. The van der Waals surface area contributed by atoms with Crippen LogP contribution in [0.25, 0.3) is 33.2 Å². The SMILES string of the molecule is Cc1nc2c(c(=O)n1CCC(C)C)c1nc3ccccc3nc1n2Cc1ccccc1. The highest BCUT2D eigenvalue weighted by Gasteiger charge is 2.21. The molecule has 0 aliphatic rings. The zero-order chi connectivity index (χ0) is 21.5. The highest BCUT2D eigenvalue weighted by molar-refractivity contribution is 6.04. The number of fused-ring (bicyclic) bond motifs is 4. The Morgan fingerprint density at radius 1 is 0.839 bits per heavy atom. The van der Waals surface area contributed by atoms with Crippen molar-refractivity contribution in [3.8, 4) is 0 Å². The summed E-state index contributed by atoms with van der Waals surface area (Å²) in [7, 11) is 0. The molecule has 0 saturated carbocycles. The topological polar surface area (TPSA) is 65.6 Å². The van der Waals surface area contributed by atoms with Gasteiger partial charge in [-0.3, -0.25) is 9.36 Å². The van der Waals surface area contributed by atoms with Crippen LogP contribution in [0.4, 0.5) is 0 Å². The van der Waals surface area contributed by atoms with Gasteiger partial charge in [0.15, 0.2) is 11.3 Å². The van der Waals surface area contributed by atoms with E-state index in [2.05, 4.69) is 26.0 Å². The van der Waals surface area contributed by atoms with Crippen LogP contribution in [0.5, 0.6) is 0 Å². The highest BCUT2D eigenvalue weighted by Crippen LogP contribution is 2.26. The predicted octanol–water partition coefficient (Wildman–Crippen LogP) is 4.70. The number of hydrogen-bond donors (Lipinski definition) is 0. The molecule has 0 unspecified atom stereocenters. The van der Waals surface area contributed by atoms with Crippen LogP contribution < -0.4 is 5.56 Å². The molecule has 0 amide bonds. The van der Waals surface area contributed by atoms with Crippen LogP contribution in [0, 0.1) is 12.8 Å². The van der Waals surface area contributed by atoms with E-state index in [1.165, 1.54) is 0 Å². The Labute approximate surface area is 180 Å². The van der Waals surface area contributed by atoms with Crippen LogP contribution >= 0.6 is 0 Å². The minimum Gasteiger partial charge on any atom is -0.304 e. The van der Waals surface area contributed by atoms with E-state index >= 15 is 0 Å². The van der Waals surface area contributed by atoms with Gasteiger partial charge in [0.1, 0.15) is 16.7 Å². The second kappa shape index (κ2) is 7.61. The first-order valence-corrected chi connectivity index (χ1v) is 10.7. The molecule has 0 N–H and O–H groups in total. The lowest BCUT2D eigenvalue weighted by atomic mass is 10.1. The fourth-order valence-electron chi connectivity index (χ4n) is 4.06. The Hall–Kier alpha value is -3.54. The van der Waals surface area contributed by atoms with E-state index in [1.807, 2.05) is 54.0 Å². The van der Waals surface area contributed by atoms with Crippen molar-refractivity contribution < 1.29 is 0 Å². The molecular formula is C25H25N5O. The Morgan fingerprint density at radius 3 is 2.23 bits per heavy atom. The lowest BCUT2D eigenvalue weighted by Crippen LogP contribution is -2.25.